The van der Waals surface area contributed by atoms with Gasteiger partial charge in [-0.25, -0.2) is 0 Å². The molecule has 0 aliphatic carbocycles. The highest BCUT2D eigenvalue weighted by molar-refractivity contribution is 7.18. The maximum atomic E-state index is 12.7. The maximum absolute atomic E-state index is 12.7. The molecule has 1 N–H and O–H groups in total. The van der Waals surface area contributed by atoms with Crippen LogP contribution in [-0.2, 0) is 6.18 Å². The fraction of sp³-hybridized carbons (Fsp3) is 0.0625. The second-order valence-electron chi connectivity index (χ2n) is 4.96. The van der Waals surface area contributed by atoms with E-state index in [1.165, 1.54) is 12.1 Å². The van der Waals surface area contributed by atoms with Crippen molar-refractivity contribution in [3.05, 3.63) is 64.7 Å². The normalized spacial score (nSPS) is 11.4. The van der Waals surface area contributed by atoms with Gasteiger partial charge in [0.2, 0.25) is 5.13 Å². The van der Waals surface area contributed by atoms with Gasteiger partial charge in [-0.15, -0.1) is 10.2 Å². The minimum absolute atomic E-state index is 0.116. The van der Waals surface area contributed by atoms with Crippen LogP contribution >= 0.6 is 22.9 Å². The van der Waals surface area contributed by atoms with Gasteiger partial charge >= 0.3 is 6.18 Å². The van der Waals surface area contributed by atoms with Crippen LogP contribution in [0.4, 0.5) is 18.3 Å². The summed E-state index contributed by atoms with van der Waals surface area (Å²) >= 11 is 7.00. The number of aromatic nitrogens is 2. The van der Waals surface area contributed by atoms with E-state index in [-0.39, 0.29) is 10.7 Å². The van der Waals surface area contributed by atoms with Crippen LogP contribution in [-0.4, -0.2) is 16.1 Å². The van der Waals surface area contributed by atoms with Gasteiger partial charge in [0.1, 0.15) is 5.01 Å². The Kier molecular flexibility index (Phi) is 4.73. The van der Waals surface area contributed by atoms with E-state index in [2.05, 4.69) is 15.5 Å². The molecule has 4 nitrogen and oxygen atoms in total. The van der Waals surface area contributed by atoms with Crippen molar-refractivity contribution in [2.45, 2.75) is 6.18 Å². The van der Waals surface area contributed by atoms with Crippen molar-refractivity contribution in [2.24, 2.45) is 0 Å². The number of hydrogen-bond acceptors (Lipinski definition) is 4. The molecule has 1 amide bonds. The molecule has 3 rings (SSSR count). The number of anilines is 1. The monoisotopic (exact) mass is 383 g/mol. The number of nitrogens with one attached hydrogen (secondary N) is 1. The molecule has 1 heterocycles. The Morgan fingerprint density at radius 3 is 2.56 bits per heavy atom. The topological polar surface area (TPSA) is 54.9 Å². The molecule has 0 atom stereocenters. The first kappa shape index (κ1) is 17.4. The summed E-state index contributed by atoms with van der Waals surface area (Å²) in [6, 6.07) is 11.1. The second kappa shape index (κ2) is 6.81. The molecule has 0 bridgehead atoms. The van der Waals surface area contributed by atoms with Gasteiger partial charge in [-0.2, -0.15) is 13.2 Å². The van der Waals surface area contributed by atoms with E-state index in [1.807, 2.05) is 0 Å². The fourth-order valence-corrected chi connectivity index (χ4v) is 2.94. The number of rotatable bonds is 3. The summed E-state index contributed by atoms with van der Waals surface area (Å²) in [6.45, 7) is 0. The quantitative estimate of drug-likeness (QED) is 0.682. The van der Waals surface area contributed by atoms with Crippen LogP contribution in [0.15, 0.2) is 48.5 Å². The Hall–Kier alpha value is -2.45. The van der Waals surface area contributed by atoms with Crippen LogP contribution in [0.25, 0.3) is 10.6 Å². The number of nitrogens with zero attached hydrogens (tertiary/aromatic N) is 2. The number of alkyl halides is 3. The first-order valence-electron chi connectivity index (χ1n) is 6.91. The van der Waals surface area contributed by atoms with Gasteiger partial charge in [0.25, 0.3) is 5.91 Å². The van der Waals surface area contributed by atoms with Crippen molar-refractivity contribution < 1.29 is 18.0 Å². The largest absolute Gasteiger partial charge is 0.416 e. The van der Waals surface area contributed by atoms with Crippen LogP contribution in [0.3, 0.4) is 0 Å². The predicted molar refractivity (Wildman–Crippen MR) is 89.8 cm³/mol. The smallest absolute Gasteiger partial charge is 0.296 e. The molecule has 25 heavy (non-hydrogen) atoms. The standard InChI is InChI=1S/C16H9ClF3N3OS/c17-12-6-2-4-10(8-12)14-22-23-15(25-14)21-13(24)9-3-1-5-11(7-9)16(18,19)20/h1-8H,(H,21,23,24). The lowest BCUT2D eigenvalue weighted by Gasteiger charge is -2.08. The fourth-order valence-electron chi connectivity index (χ4n) is 2.02. The van der Waals surface area contributed by atoms with Crippen molar-refractivity contribution in [1.82, 2.24) is 10.2 Å². The minimum Gasteiger partial charge on any atom is -0.296 e. The lowest BCUT2D eigenvalue weighted by atomic mass is 10.1. The van der Waals surface area contributed by atoms with Gasteiger partial charge in [0.05, 0.1) is 5.56 Å². The van der Waals surface area contributed by atoms with E-state index in [9.17, 15) is 18.0 Å². The summed E-state index contributed by atoms with van der Waals surface area (Å²) in [5.74, 6) is -0.695. The molecule has 0 saturated carbocycles. The number of halogens is 4. The molecule has 0 spiro atoms. The summed E-state index contributed by atoms with van der Waals surface area (Å²) in [7, 11) is 0. The molecule has 0 fully saturated rings. The zero-order chi connectivity index (χ0) is 18.0. The molecule has 3 aromatic rings. The Labute approximate surface area is 149 Å². The van der Waals surface area contributed by atoms with Crippen molar-refractivity contribution in [1.29, 1.82) is 0 Å². The summed E-state index contributed by atoms with van der Waals surface area (Å²) in [5.41, 5.74) is -0.282. The van der Waals surface area contributed by atoms with Gasteiger partial charge < -0.3 is 0 Å². The van der Waals surface area contributed by atoms with E-state index in [4.69, 9.17) is 11.6 Å². The third-order valence-corrected chi connectivity index (χ3v) is 4.29. The molecule has 0 aliphatic rings. The first-order valence-corrected chi connectivity index (χ1v) is 8.10. The van der Waals surface area contributed by atoms with Crippen LogP contribution in [0.1, 0.15) is 15.9 Å². The van der Waals surface area contributed by atoms with Crippen molar-refractivity contribution in [2.75, 3.05) is 5.32 Å². The number of carbonyl (C=O) groups is 1. The Morgan fingerprint density at radius 2 is 1.84 bits per heavy atom. The zero-order valence-corrected chi connectivity index (χ0v) is 13.9. The highest BCUT2D eigenvalue weighted by atomic mass is 35.5. The van der Waals surface area contributed by atoms with E-state index < -0.39 is 17.6 Å². The molecule has 2 aromatic carbocycles. The molecular weight excluding hydrogens is 375 g/mol. The van der Waals surface area contributed by atoms with Crippen LogP contribution in [0, 0.1) is 0 Å². The van der Waals surface area contributed by atoms with Gasteiger partial charge in [0, 0.05) is 16.1 Å². The minimum atomic E-state index is -4.52. The second-order valence-corrected chi connectivity index (χ2v) is 6.37. The SMILES string of the molecule is O=C(Nc1nnc(-c2cccc(Cl)c2)s1)c1cccc(C(F)(F)F)c1. The zero-order valence-electron chi connectivity index (χ0n) is 12.3. The molecule has 0 unspecified atom stereocenters. The van der Waals surface area contributed by atoms with Crippen molar-refractivity contribution >= 4 is 34.0 Å². The number of amides is 1. The van der Waals surface area contributed by atoms with E-state index >= 15 is 0 Å². The lowest BCUT2D eigenvalue weighted by Crippen LogP contribution is -2.13. The highest BCUT2D eigenvalue weighted by Gasteiger charge is 2.31. The Morgan fingerprint density at radius 1 is 1.08 bits per heavy atom. The van der Waals surface area contributed by atoms with Crippen molar-refractivity contribution in [3.63, 3.8) is 0 Å². The number of hydrogen-bond donors (Lipinski definition) is 1. The highest BCUT2D eigenvalue weighted by Crippen LogP contribution is 2.30. The maximum Gasteiger partial charge on any atom is 0.416 e. The summed E-state index contributed by atoms with van der Waals surface area (Å²) in [5, 5.41) is 11.5. The molecule has 128 valence electrons. The third kappa shape index (κ3) is 4.15. The Balaban J connectivity index is 1.78. The van der Waals surface area contributed by atoms with Crippen LogP contribution < -0.4 is 5.32 Å². The van der Waals surface area contributed by atoms with Crippen LogP contribution in [0.5, 0.6) is 0 Å². The van der Waals surface area contributed by atoms with Gasteiger partial charge in [-0.3, -0.25) is 10.1 Å². The Bertz CT molecular complexity index is 927. The summed E-state index contributed by atoms with van der Waals surface area (Å²) < 4.78 is 38.2. The van der Waals surface area contributed by atoms with Gasteiger partial charge in [0.15, 0.2) is 0 Å². The van der Waals surface area contributed by atoms with E-state index in [1.54, 1.807) is 24.3 Å². The number of carbonyl (C=O) groups excluding carboxylic acids is 1. The third-order valence-electron chi connectivity index (χ3n) is 3.17. The van der Waals surface area contributed by atoms with Gasteiger partial charge in [-0.05, 0) is 30.3 Å². The average Bonchev–Trinajstić information content (AvgIpc) is 3.03. The number of benzene rings is 2. The first-order chi connectivity index (χ1) is 11.8. The summed E-state index contributed by atoms with van der Waals surface area (Å²) in [6.07, 6.45) is -4.52. The van der Waals surface area contributed by atoms with Crippen molar-refractivity contribution in [3.8, 4) is 10.6 Å². The summed E-state index contributed by atoms with van der Waals surface area (Å²) in [4.78, 5) is 12.1. The molecule has 0 radical (unpaired) electrons. The molecule has 0 aliphatic heterocycles. The lowest BCUT2D eigenvalue weighted by molar-refractivity contribution is -0.137. The van der Waals surface area contributed by atoms with Crippen LogP contribution in [0.2, 0.25) is 5.02 Å². The molecule has 9 heteroatoms. The predicted octanol–water partition coefficient (Wildman–Crippen LogP) is 5.13. The average molecular weight is 384 g/mol. The van der Waals surface area contributed by atoms with Gasteiger partial charge in [-0.1, -0.05) is 41.1 Å². The van der Waals surface area contributed by atoms with E-state index in [0.29, 0.717) is 10.0 Å². The van der Waals surface area contributed by atoms with E-state index in [0.717, 1.165) is 29.0 Å². The molecular formula is C16H9ClF3N3OS. The molecule has 1 aromatic heterocycles. The molecule has 0 saturated heterocycles.